The summed E-state index contributed by atoms with van der Waals surface area (Å²) in [5, 5.41) is 4.06. The zero-order valence-electron chi connectivity index (χ0n) is 16.0. The molecule has 2 aromatic carbocycles. The molecular formula is C21H26BrN3O2. The van der Waals surface area contributed by atoms with E-state index in [-0.39, 0.29) is 5.91 Å². The summed E-state index contributed by atoms with van der Waals surface area (Å²) in [6, 6.07) is 15.5. The molecule has 1 atom stereocenters. The van der Waals surface area contributed by atoms with Crippen LogP contribution in [0.25, 0.3) is 0 Å². The Morgan fingerprint density at radius 1 is 1.19 bits per heavy atom. The third-order valence-corrected chi connectivity index (χ3v) is 4.64. The van der Waals surface area contributed by atoms with Gasteiger partial charge in [-0.15, -0.1) is 0 Å². The lowest BCUT2D eigenvalue weighted by Crippen LogP contribution is -2.35. The molecular weight excluding hydrogens is 406 g/mol. The van der Waals surface area contributed by atoms with Crippen LogP contribution in [0.15, 0.2) is 58.1 Å². The van der Waals surface area contributed by atoms with E-state index in [1.54, 1.807) is 6.21 Å². The van der Waals surface area contributed by atoms with Gasteiger partial charge >= 0.3 is 0 Å². The van der Waals surface area contributed by atoms with Gasteiger partial charge in [-0.05, 0) is 56.2 Å². The van der Waals surface area contributed by atoms with Crippen molar-refractivity contribution in [3.63, 3.8) is 0 Å². The van der Waals surface area contributed by atoms with Crippen molar-refractivity contribution in [2.45, 2.75) is 33.3 Å². The first-order valence-corrected chi connectivity index (χ1v) is 9.96. The van der Waals surface area contributed by atoms with E-state index >= 15 is 0 Å². The number of nitrogens with zero attached hydrogens (tertiary/aromatic N) is 2. The van der Waals surface area contributed by atoms with Crippen LogP contribution in [-0.2, 0) is 4.79 Å². The fraction of sp³-hybridized carbons (Fsp3) is 0.333. The van der Waals surface area contributed by atoms with Gasteiger partial charge in [-0.25, -0.2) is 5.43 Å². The minimum absolute atomic E-state index is 0.270. The van der Waals surface area contributed by atoms with Crippen molar-refractivity contribution in [2.24, 2.45) is 5.10 Å². The van der Waals surface area contributed by atoms with Gasteiger partial charge in [-0.3, -0.25) is 4.79 Å². The van der Waals surface area contributed by atoms with Crippen LogP contribution < -0.4 is 15.1 Å². The number of ether oxygens (including phenoxy) is 1. The summed E-state index contributed by atoms with van der Waals surface area (Å²) >= 11 is 3.39. The van der Waals surface area contributed by atoms with Crippen LogP contribution in [0.4, 0.5) is 5.69 Å². The summed E-state index contributed by atoms with van der Waals surface area (Å²) in [4.78, 5) is 14.6. The van der Waals surface area contributed by atoms with Crippen LogP contribution in [0.5, 0.6) is 5.75 Å². The van der Waals surface area contributed by atoms with Crippen LogP contribution in [0.2, 0.25) is 0 Å². The second kappa shape index (κ2) is 10.7. The third-order valence-electron chi connectivity index (χ3n) is 4.15. The number of hydrogen-bond acceptors (Lipinski definition) is 4. The SMILES string of the molecule is CC[C@@H](Oc1cccc(Br)c1)C(=O)N/N=C\c1ccc(N(CC)CC)cc1. The van der Waals surface area contributed by atoms with E-state index in [1.165, 1.54) is 5.69 Å². The Bertz CT molecular complexity index is 758. The van der Waals surface area contributed by atoms with Crippen LogP contribution in [0.3, 0.4) is 0 Å². The molecule has 5 nitrogen and oxygen atoms in total. The largest absolute Gasteiger partial charge is 0.481 e. The van der Waals surface area contributed by atoms with Gasteiger partial charge in [0, 0.05) is 23.2 Å². The number of hydrazone groups is 1. The van der Waals surface area contributed by atoms with Gasteiger partial charge in [0.15, 0.2) is 6.10 Å². The molecule has 0 bridgehead atoms. The predicted molar refractivity (Wildman–Crippen MR) is 115 cm³/mol. The first-order chi connectivity index (χ1) is 13.1. The Morgan fingerprint density at radius 2 is 1.89 bits per heavy atom. The average Bonchev–Trinajstić information content (AvgIpc) is 2.68. The van der Waals surface area contributed by atoms with Gasteiger partial charge < -0.3 is 9.64 Å². The Kier molecular flexibility index (Phi) is 8.33. The van der Waals surface area contributed by atoms with E-state index in [1.807, 2.05) is 43.3 Å². The van der Waals surface area contributed by atoms with Crippen LogP contribution in [0.1, 0.15) is 32.8 Å². The Hall–Kier alpha value is -2.34. The molecule has 0 aromatic heterocycles. The smallest absolute Gasteiger partial charge is 0.281 e. The fourth-order valence-corrected chi connectivity index (χ4v) is 3.01. The molecule has 1 N–H and O–H groups in total. The van der Waals surface area contributed by atoms with Crippen molar-refractivity contribution >= 4 is 33.7 Å². The highest BCUT2D eigenvalue weighted by Crippen LogP contribution is 2.19. The molecule has 0 aliphatic heterocycles. The van der Waals surface area contributed by atoms with Crippen molar-refractivity contribution in [3.8, 4) is 5.75 Å². The van der Waals surface area contributed by atoms with Crippen LogP contribution in [0, 0.1) is 0 Å². The molecule has 144 valence electrons. The summed E-state index contributed by atoms with van der Waals surface area (Å²) < 4.78 is 6.66. The number of carbonyl (C=O) groups is 1. The van der Waals surface area contributed by atoms with E-state index < -0.39 is 6.10 Å². The number of rotatable bonds is 9. The van der Waals surface area contributed by atoms with Crippen LogP contribution >= 0.6 is 15.9 Å². The van der Waals surface area contributed by atoms with Gasteiger partial charge in [0.25, 0.3) is 5.91 Å². The molecule has 0 radical (unpaired) electrons. The molecule has 0 unspecified atom stereocenters. The number of nitrogens with one attached hydrogen (secondary N) is 1. The molecule has 2 rings (SSSR count). The maximum atomic E-state index is 12.3. The highest BCUT2D eigenvalue weighted by atomic mass is 79.9. The van der Waals surface area contributed by atoms with E-state index in [2.05, 4.69) is 57.3 Å². The topological polar surface area (TPSA) is 53.9 Å². The number of amides is 1. The summed E-state index contributed by atoms with van der Waals surface area (Å²) in [7, 11) is 0. The maximum Gasteiger partial charge on any atom is 0.281 e. The Morgan fingerprint density at radius 3 is 2.48 bits per heavy atom. The normalized spacial score (nSPS) is 12.0. The number of hydrogen-bond donors (Lipinski definition) is 1. The molecule has 0 saturated heterocycles. The summed E-state index contributed by atoms with van der Waals surface area (Å²) in [6.07, 6.45) is 1.59. The van der Waals surface area contributed by atoms with E-state index in [0.29, 0.717) is 12.2 Å². The first kappa shape index (κ1) is 21.0. The molecule has 0 aliphatic rings. The lowest BCUT2D eigenvalue weighted by molar-refractivity contribution is -0.128. The summed E-state index contributed by atoms with van der Waals surface area (Å²) in [6.45, 7) is 8.11. The molecule has 2 aromatic rings. The molecule has 27 heavy (non-hydrogen) atoms. The Labute approximate surface area is 169 Å². The fourth-order valence-electron chi connectivity index (χ4n) is 2.63. The summed E-state index contributed by atoms with van der Waals surface area (Å²) in [5.74, 6) is 0.371. The predicted octanol–water partition coefficient (Wildman–Crippen LogP) is 4.60. The molecule has 0 spiro atoms. The van der Waals surface area contributed by atoms with Gasteiger partial charge in [0.1, 0.15) is 5.75 Å². The van der Waals surface area contributed by atoms with E-state index in [4.69, 9.17) is 4.74 Å². The summed E-state index contributed by atoms with van der Waals surface area (Å²) in [5.41, 5.74) is 4.66. The van der Waals surface area contributed by atoms with Crippen molar-refractivity contribution in [1.29, 1.82) is 0 Å². The maximum absolute atomic E-state index is 12.3. The van der Waals surface area contributed by atoms with Gasteiger partial charge in [0.2, 0.25) is 0 Å². The molecule has 0 heterocycles. The quantitative estimate of drug-likeness (QED) is 0.466. The molecule has 0 aliphatic carbocycles. The van der Waals surface area contributed by atoms with E-state index in [0.717, 1.165) is 23.1 Å². The number of carbonyl (C=O) groups excluding carboxylic acids is 1. The average molecular weight is 432 g/mol. The zero-order valence-corrected chi connectivity index (χ0v) is 17.6. The highest BCUT2D eigenvalue weighted by Gasteiger charge is 2.17. The van der Waals surface area contributed by atoms with Gasteiger partial charge in [0.05, 0.1) is 6.21 Å². The van der Waals surface area contributed by atoms with Gasteiger partial charge in [-0.2, -0.15) is 5.10 Å². The minimum atomic E-state index is -0.596. The second-order valence-corrected chi connectivity index (χ2v) is 6.89. The second-order valence-electron chi connectivity index (χ2n) is 5.97. The molecule has 6 heteroatoms. The number of anilines is 1. The minimum Gasteiger partial charge on any atom is -0.481 e. The number of benzene rings is 2. The molecule has 0 saturated carbocycles. The monoisotopic (exact) mass is 431 g/mol. The lowest BCUT2D eigenvalue weighted by Gasteiger charge is -2.20. The van der Waals surface area contributed by atoms with Crippen molar-refractivity contribution < 1.29 is 9.53 Å². The Balaban J connectivity index is 1.92. The van der Waals surface area contributed by atoms with Crippen molar-refractivity contribution in [2.75, 3.05) is 18.0 Å². The van der Waals surface area contributed by atoms with Crippen LogP contribution in [-0.4, -0.2) is 31.3 Å². The van der Waals surface area contributed by atoms with Gasteiger partial charge in [-0.1, -0.05) is 41.1 Å². The van der Waals surface area contributed by atoms with E-state index in [9.17, 15) is 4.79 Å². The molecule has 0 fully saturated rings. The van der Waals surface area contributed by atoms with Crippen molar-refractivity contribution in [1.82, 2.24) is 5.43 Å². The molecule has 1 amide bonds. The van der Waals surface area contributed by atoms with Crippen molar-refractivity contribution in [3.05, 3.63) is 58.6 Å². The zero-order chi connectivity index (χ0) is 19.6. The lowest BCUT2D eigenvalue weighted by atomic mass is 10.2. The first-order valence-electron chi connectivity index (χ1n) is 9.17. The highest BCUT2D eigenvalue weighted by molar-refractivity contribution is 9.10. The standard InChI is InChI=1S/C21H26BrN3O2/c1-4-20(27-19-9-7-8-17(22)14-19)21(26)24-23-15-16-10-12-18(13-11-16)25(5-2)6-3/h7-15,20H,4-6H2,1-3H3,(H,24,26)/b23-15-/t20-/m1/s1. The third kappa shape index (κ3) is 6.40. The number of halogens is 1.